The van der Waals surface area contributed by atoms with E-state index in [1.165, 1.54) is 11.1 Å². The smallest absolute Gasteiger partial charge is 0.248 e. The number of ether oxygens (including phenoxy) is 2. The Labute approximate surface area is 182 Å². The van der Waals surface area contributed by atoms with Gasteiger partial charge in [0.25, 0.3) is 0 Å². The Hall–Kier alpha value is -3.22. The number of nitrogens with zero attached hydrogens (tertiary/aromatic N) is 2. The normalized spacial score (nSPS) is 16.8. The van der Waals surface area contributed by atoms with Crippen molar-refractivity contribution >= 4 is 5.91 Å². The molecule has 0 saturated carbocycles. The first-order chi connectivity index (χ1) is 15.0. The number of aryl methyl sites for hydroxylation is 1. The van der Waals surface area contributed by atoms with Crippen LogP contribution in [0.4, 0.5) is 0 Å². The number of amides is 1. The molecule has 0 aliphatic carbocycles. The molecule has 1 amide bonds. The van der Waals surface area contributed by atoms with Crippen LogP contribution in [0.25, 0.3) is 11.1 Å². The first-order valence-electron chi connectivity index (χ1n) is 10.4. The molecule has 0 bridgehead atoms. The number of carbonyl (C=O) groups excluding carboxylic acids is 1. The highest BCUT2D eigenvalue weighted by Gasteiger charge is 2.24. The van der Waals surface area contributed by atoms with Crippen molar-refractivity contribution in [3.05, 3.63) is 83.2 Å². The molecule has 4 rings (SSSR count). The predicted octanol–water partition coefficient (Wildman–Crippen LogP) is 3.74. The van der Waals surface area contributed by atoms with Gasteiger partial charge >= 0.3 is 0 Å². The number of pyridine rings is 1. The van der Waals surface area contributed by atoms with E-state index < -0.39 is 5.91 Å². The summed E-state index contributed by atoms with van der Waals surface area (Å²) in [7, 11) is 1.71. The minimum atomic E-state index is -0.438. The fourth-order valence-corrected chi connectivity index (χ4v) is 3.87. The molecule has 6 heteroatoms. The van der Waals surface area contributed by atoms with Crippen molar-refractivity contribution < 1.29 is 14.3 Å². The van der Waals surface area contributed by atoms with Crippen LogP contribution in [-0.4, -0.2) is 42.6 Å². The Morgan fingerprint density at radius 3 is 2.81 bits per heavy atom. The number of hydrogen-bond donors (Lipinski definition) is 1. The third-order valence-electron chi connectivity index (χ3n) is 5.58. The second kappa shape index (κ2) is 9.29. The lowest BCUT2D eigenvalue weighted by Gasteiger charge is -2.33. The predicted molar refractivity (Wildman–Crippen MR) is 120 cm³/mol. The van der Waals surface area contributed by atoms with Crippen molar-refractivity contribution in [3.63, 3.8) is 0 Å². The number of aromatic nitrogens is 1. The molecule has 31 heavy (non-hydrogen) atoms. The number of methoxy groups -OCH3 is 1. The van der Waals surface area contributed by atoms with Gasteiger partial charge in [-0.1, -0.05) is 30.3 Å². The highest BCUT2D eigenvalue weighted by molar-refractivity contribution is 5.94. The second-order valence-corrected chi connectivity index (χ2v) is 7.83. The van der Waals surface area contributed by atoms with Crippen molar-refractivity contribution in [2.45, 2.75) is 19.6 Å². The highest BCUT2D eigenvalue weighted by Crippen LogP contribution is 2.27. The molecule has 1 aliphatic rings. The van der Waals surface area contributed by atoms with Crippen LogP contribution in [0.1, 0.15) is 33.3 Å². The van der Waals surface area contributed by atoms with Crippen LogP contribution >= 0.6 is 0 Å². The number of primary amides is 1. The minimum absolute atomic E-state index is 0.0869. The van der Waals surface area contributed by atoms with Gasteiger partial charge < -0.3 is 15.2 Å². The first-order valence-corrected chi connectivity index (χ1v) is 10.4. The number of rotatable bonds is 6. The molecule has 1 saturated heterocycles. The quantitative estimate of drug-likeness (QED) is 0.661. The average molecular weight is 418 g/mol. The summed E-state index contributed by atoms with van der Waals surface area (Å²) in [6, 6.07) is 17.6. The summed E-state index contributed by atoms with van der Waals surface area (Å²) in [6.45, 7) is 5.16. The Balaban J connectivity index is 1.46. The van der Waals surface area contributed by atoms with Gasteiger partial charge in [-0.3, -0.25) is 14.7 Å². The van der Waals surface area contributed by atoms with Crippen LogP contribution in [0.15, 0.2) is 60.8 Å². The molecule has 1 aliphatic heterocycles. The Kier molecular flexibility index (Phi) is 6.30. The van der Waals surface area contributed by atoms with Gasteiger partial charge in [0.15, 0.2) is 0 Å². The summed E-state index contributed by atoms with van der Waals surface area (Å²) < 4.78 is 11.6. The summed E-state index contributed by atoms with van der Waals surface area (Å²) >= 11 is 0. The molecule has 0 radical (unpaired) electrons. The second-order valence-electron chi connectivity index (χ2n) is 7.83. The molecule has 160 valence electrons. The molecule has 3 aromatic rings. The van der Waals surface area contributed by atoms with Gasteiger partial charge in [0, 0.05) is 42.5 Å². The fourth-order valence-electron chi connectivity index (χ4n) is 3.87. The Morgan fingerprint density at radius 2 is 2.06 bits per heavy atom. The Bertz CT molecular complexity index is 1070. The zero-order chi connectivity index (χ0) is 21.8. The van der Waals surface area contributed by atoms with Crippen molar-refractivity contribution in [3.8, 4) is 16.9 Å². The number of carbonyl (C=O) groups is 1. The van der Waals surface area contributed by atoms with Crippen LogP contribution in [0.2, 0.25) is 0 Å². The first kappa shape index (κ1) is 21.0. The molecule has 1 fully saturated rings. The van der Waals surface area contributed by atoms with E-state index in [9.17, 15) is 4.79 Å². The number of morpholine rings is 1. The lowest BCUT2D eigenvalue weighted by atomic mass is 10.0. The van der Waals surface area contributed by atoms with E-state index >= 15 is 0 Å². The van der Waals surface area contributed by atoms with E-state index in [-0.39, 0.29) is 6.10 Å². The fraction of sp³-hybridized carbons (Fsp3) is 0.280. The van der Waals surface area contributed by atoms with Gasteiger partial charge in [0.2, 0.25) is 5.91 Å². The number of benzene rings is 2. The van der Waals surface area contributed by atoms with Crippen LogP contribution < -0.4 is 10.5 Å². The summed E-state index contributed by atoms with van der Waals surface area (Å²) in [5.74, 6) is 0.482. The van der Waals surface area contributed by atoms with Gasteiger partial charge in [-0.25, -0.2) is 0 Å². The number of hydrogen-bond acceptors (Lipinski definition) is 5. The van der Waals surface area contributed by atoms with Crippen LogP contribution in [0.5, 0.6) is 5.75 Å². The van der Waals surface area contributed by atoms with Crippen LogP contribution in [0, 0.1) is 6.92 Å². The van der Waals surface area contributed by atoms with E-state index in [4.69, 9.17) is 15.2 Å². The highest BCUT2D eigenvalue weighted by atomic mass is 16.5. The van der Waals surface area contributed by atoms with Crippen molar-refractivity contribution in [1.82, 2.24) is 9.88 Å². The van der Waals surface area contributed by atoms with Gasteiger partial charge in [0.1, 0.15) is 11.9 Å². The zero-order valence-corrected chi connectivity index (χ0v) is 17.9. The van der Waals surface area contributed by atoms with Crippen LogP contribution in [-0.2, 0) is 11.3 Å². The molecule has 2 N–H and O–H groups in total. The molecular formula is C25H27N3O3. The average Bonchev–Trinajstić information content (AvgIpc) is 2.80. The lowest BCUT2D eigenvalue weighted by molar-refractivity contribution is -0.0351. The monoisotopic (exact) mass is 417 g/mol. The van der Waals surface area contributed by atoms with Crippen LogP contribution in [0.3, 0.4) is 0 Å². The molecule has 0 unspecified atom stereocenters. The Morgan fingerprint density at radius 1 is 1.19 bits per heavy atom. The molecule has 2 heterocycles. The van der Waals surface area contributed by atoms with E-state index in [2.05, 4.69) is 35.0 Å². The molecule has 1 atom stereocenters. The maximum Gasteiger partial charge on any atom is 0.248 e. The summed E-state index contributed by atoms with van der Waals surface area (Å²) in [6.07, 6.45) is 1.73. The maximum atomic E-state index is 11.4. The largest absolute Gasteiger partial charge is 0.496 e. The molecule has 1 aromatic heterocycles. The van der Waals surface area contributed by atoms with E-state index in [1.807, 2.05) is 30.5 Å². The van der Waals surface area contributed by atoms with Gasteiger partial charge in [-0.2, -0.15) is 0 Å². The third kappa shape index (κ3) is 4.93. The standard InChI is InChI=1S/C25H27N3O3/c1-17-6-7-21(23(12-17)30-2)15-28-10-11-31-24(16-28)22-9-8-20(14-27-22)18-4-3-5-19(13-18)25(26)29/h3-9,12-14,24H,10-11,15-16H2,1-2H3,(H2,26,29)/t24-/m1/s1. The van der Waals surface area contributed by atoms with Gasteiger partial charge in [-0.15, -0.1) is 0 Å². The van der Waals surface area contributed by atoms with E-state index in [0.717, 1.165) is 42.2 Å². The summed E-state index contributed by atoms with van der Waals surface area (Å²) in [4.78, 5) is 18.5. The van der Waals surface area contributed by atoms with E-state index in [1.54, 1.807) is 19.2 Å². The molecule has 2 aromatic carbocycles. The minimum Gasteiger partial charge on any atom is -0.496 e. The lowest BCUT2D eigenvalue weighted by Crippen LogP contribution is -2.38. The molecule has 6 nitrogen and oxygen atoms in total. The zero-order valence-electron chi connectivity index (χ0n) is 17.9. The summed E-state index contributed by atoms with van der Waals surface area (Å²) in [5, 5.41) is 0. The topological polar surface area (TPSA) is 77.7 Å². The van der Waals surface area contributed by atoms with E-state index in [0.29, 0.717) is 12.2 Å². The number of nitrogens with two attached hydrogens (primary N) is 1. The molecule has 0 spiro atoms. The SMILES string of the molecule is COc1cc(C)ccc1CN1CCO[C@@H](c2ccc(-c3cccc(C(N)=O)c3)cn2)C1. The van der Waals surface area contributed by atoms with Crippen molar-refractivity contribution in [2.75, 3.05) is 26.8 Å². The van der Waals surface area contributed by atoms with Crippen molar-refractivity contribution in [1.29, 1.82) is 0 Å². The van der Waals surface area contributed by atoms with Gasteiger partial charge in [0.05, 0.1) is 19.4 Å². The third-order valence-corrected chi connectivity index (χ3v) is 5.58. The molecular weight excluding hydrogens is 390 g/mol. The van der Waals surface area contributed by atoms with Gasteiger partial charge in [-0.05, 0) is 42.3 Å². The van der Waals surface area contributed by atoms with Crippen molar-refractivity contribution in [2.24, 2.45) is 5.73 Å². The summed E-state index contributed by atoms with van der Waals surface area (Å²) in [5.41, 5.74) is 11.0. The maximum absolute atomic E-state index is 11.4.